The molecule has 0 aliphatic heterocycles. The third-order valence-corrected chi connectivity index (χ3v) is 4.77. The van der Waals surface area contributed by atoms with E-state index in [4.69, 9.17) is 9.47 Å². The van der Waals surface area contributed by atoms with Gasteiger partial charge in [0.1, 0.15) is 22.3 Å². The molecule has 5 nitrogen and oxygen atoms in total. The van der Waals surface area contributed by atoms with Crippen LogP contribution in [0, 0.1) is 5.82 Å². The van der Waals surface area contributed by atoms with E-state index in [1.165, 1.54) is 35.6 Å². The predicted molar refractivity (Wildman–Crippen MR) is 102 cm³/mol. The zero-order valence-corrected chi connectivity index (χ0v) is 15.8. The van der Waals surface area contributed by atoms with E-state index in [1.54, 1.807) is 14.0 Å². The van der Waals surface area contributed by atoms with Gasteiger partial charge in [0.15, 0.2) is 6.10 Å². The quantitative estimate of drug-likeness (QED) is 0.666. The summed E-state index contributed by atoms with van der Waals surface area (Å²) < 4.78 is 23.6. The lowest BCUT2D eigenvalue weighted by molar-refractivity contribution is -0.127. The standard InChI is InChI=1S/C20H19FN2O3S/c1-13(26-18-9-5-15(21)6-10-18)19(24)22-11-16-12-27-20(23-16)14-3-7-17(25-2)8-4-14/h3-10,12-13H,11H2,1-2H3,(H,22,24)/t13-/m0/s1. The average Bonchev–Trinajstić information content (AvgIpc) is 3.17. The monoisotopic (exact) mass is 386 g/mol. The van der Waals surface area contributed by atoms with Crippen molar-refractivity contribution in [3.63, 3.8) is 0 Å². The number of benzene rings is 2. The molecule has 3 aromatic rings. The lowest BCUT2D eigenvalue weighted by atomic mass is 10.2. The van der Waals surface area contributed by atoms with Crippen molar-refractivity contribution in [3.8, 4) is 22.1 Å². The molecular formula is C20H19FN2O3S. The predicted octanol–water partition coefficient (Wildman–Crippen LogP) is 4.04. The van der Waals surface area contributed by atoms with E-state index in [-0.39, 0.29) is 11.7 Å². The second-order valence-corrected chi connectivity index (χ2v) is 6.66. The molecule has 0 bridgehead atoms. The van der Waals surface area contributed by atoms with Gasteiger partial charge in [0.2, 0.25) is 0 Å². The van der Waals surface area contributed by atoms with Gasteiger partial charge in [0.25, 0.3) is 5.91 Å². The minimum Gasteiger partial charge on any atom is -0.497 e. The Kier molecular flexibility index (Phi) is 6.03. The Bertz CT molecular complexity index is 894. The molecule has 1 N–H and O–H groups in total. The normalized spacial score (nSPS) is 11.7. The van der Waals surface area contributed by atoms with Crippen molar-refractivity contribution in [2.75, 3.05) is 7.11 Å². The Labute approximate surface area is 160 Å². The summed E-state index contributed by atoms with van der Waals surface area (Å²) in [5.74, 6) is 0.612. The first-order valence-electron chi connectivity index (χ1n) is 8.34. The van der Waals surface area contributed by atoms with E-state index in [1.807, 2.05) is 29.6 Å². The first-order valence-corrected chi connectivity index (χ1v) is 9.22. The fraction of sp³-hybridized carbons (Fsp3) is 0.200. The van der Waals surface area contributed by atoms with Crippen molar-refractivity contribution in [1.82, 2.24) is 10.3 Å². The van der Waals surface area contributed by atoms with Crippen molar-refractivity contribution < 1.29 is 18.7 Å². The lowest BCUT2D eigenvalue weighted by Gasteiger charge is -2.14. The number of halogens is 1. The molecule has 0 saturated carbocycles. The van der Waals surface area contributed by atoms with Gasteiger partial charge in [0.05, 0.1) is 19.3 Å². The number of carbonyl (C=O) groups excluding carboxylic acids is 1. The van der Waals surface area contributed by atoms with Crippen molar-refractivity contribution in [2.24, 2.45) is 0 Å². The van der Waals surface area contributed by atoms with Crippen LogP contribution in [0.15, 0.2) is 53.9 Å². The number of amides is 1. The maximum absolute atomic E-state index is 12.9. The Morgan fingerprint density at radius 1 is 1.15 bits per heavy atom. The van der Waals surface area contributed by atoms with Crippen LogP contribution in [0.3, 0.4) is 0 Å². The van der Waals surface area contributed by atoms with E-state index in [9.17, 15) is 9.18 Å². The number of methoxy groups -OCH3 is 1. The molecule has 0 aliphatic rings. The minimum absolute atomic E-state index is 0.265. The van der Waals surface area contributed by atoms with Crippen LogP contribution in [0.4, 0.5) is 4.39 Å². The molecule has 27 heavy (non-hydrogen) atoms. The number of hydrogen-bond donors (Lipinski definition) is 1. The van der Waals surface area contributed by atoms with Gasteiger partial charge in [0, 0.05) is 10.9 Å². The van der Waals surface area contributed by atoms with Gasteiger partial charge >= 0.3 is 0 Å². The van der Waals surface area contributed by atoms with Crippen LogP contribution in [0.25, 0.3) is 10.6 Å². The summed E-state index contributed by atoms with van der Waals surface area (Å²) in [6.07, 6.45) is -0.699. The molecule has 0 radical (unpaired) electrons. The summed E-state index contributed by atoms with van der Waals surface area (Å²) in [6.45, 7) is 1.95. The Morgan fingerprint density at radius 2 is 1.81 bits per heavy atom. The van der Waals surface area contributed by atoms with Crippen LogP contribution in [0.5, 0.6) is 11.5 Å². The summed E-state index contributed by atoms with van der Waals surface area (Å²) in [5, 5.41) is 5.58. The SMILES string of the molecule is COc1ccc(-c2nc(CNC(=O)[C@H](C)Oc3ccc(F)cc3)cs2)cc1. The number of nitrogens with zero attached hydrogens (tertiary/aromatic N) is 1. The molecule has 0 spiro atoms. The van der Waals surface area contributed by atoms with Crippen molar-refractivity contribution >= 4 is 17.2 Å². The highest BCUT2D eigenvalue weighted by Gasteiger charge is 2.15. The van der Waals surface area contributed by atoms with Crippen LogP contribution < -0.4 is 14.8 Å². The average molecular weight is 386 g/mol. The number of hydrogen-bond acceptors (Lipinski definition) is 5. The largest absolute Gasteiger partial charge is 0.497 e. The van der Waals surface area contributed by atoms with Crippen molar-refractivity contribution in [1.29, 1.82) is 0 Å². The minimum atomic E-state index is -0.699. The van der Waals surface area contributed by atoms with Gasteiger partial charge in [-0.05, 0) is 55.5 Å². The molecule has 0 saturated heterocycles. The lowest BCUT2D eigenvalue weighted by Crippen LogP contribution is -2.35. The Morgan fingerprint density at radius 3 is 2.48 bits per heavy atom. The number of rotatable bonds is 7. The molecule has 7 heteroatoms. The number of nitrogens with one attached hydrogen (secondary N) is 1. The molecule has 1 atom stereocenters. The van der Waals surface area contributed by atoms with Crippen LogP contribution >= 0.6 is 11.3 Å². The second kappa shape index (κ2) is 8.64. The third kappa shape index (κ3) is 5.04. The van der Waals surface area contributed by atoms with Gasteiger partial charge < -0.3 is 14.8 Å². The first kappa shape index (κ1) is 18.8. The third-order valence-electron chi connectivity index (χ3n) is 3.83. The Hall–Kier alpha value is -2.93. The van der Waals surface area contributed by atoms with Crippen LogP contribution in [0.2, 0.25) is 0 Å². The zero-order valence-electron chi connectivity index (χ0n) is 14.9. The van der Waals surface area contributed by atoms with E-state index >= 15 is 0 Å². The number of carbonyl (C=O) groups is 1. The van der Waals surface area contributed by atoms with Gasteiger partial charge in [-0.25, -0.2) is 9.37 Å². The van der Waals surface area contributed by atoms with Gasteiger partial charge in [-0.2, -0.15) is 0 Å². The molecule has 1 aromatic heterocycles. The van der Waals surface area contributed by atoms with E-state index in [2.05, 4.69) is 10.3 Å². The summed E-state index contributed by atoms with van der Waals surface area (Å²) in [5.41, 5.74) is 1.76. The van der Waals surface area contributed by atoms with Crippen LogP contribution in [-0.4, -0.2) is 24.1 Å². The number of ether oxygens (including phenoxy) is 2. The number of aromatic nitrogens is 1. The fourth-order valence-corrected chi connectivity index (χ4v) is 3.17. The summed E-state index contributed by atoms with van der Waals surface area (Å²) in [6, 6.07) is 13.2. The zero-order chi connectivity index (χ0) is 19.2. The summed E-state index contributed by atoms with van der Waals surface area (Å²) >= 11 is 1.51. The van der Waals surface area contributed by atoms with Gasteiger partial charge in [-0.3, -0.25) is 4.79 Å². The highest BCUT2D eigenvalue weighted by Crippen LogP contribution is 2.25. The number of thiazole rings is 1. The summed E-state index contributed by atoms with van der Waals surface area (Å²) in [4.78, 5) is 16.7. The molecule has 1 amide bonds. The van der Waals surface area contributed by atoms with E-state index in [0.717, 1.165) is 22.0 Å². The topological polar surface area (TPSA) is 60.5 Å². The molecule has 2 aromatic carbocycles. The molecule has 0 aliphatic carbocycles. The van der Waals surface area contributed by atoms with Gasteiger partial charge in [-0.1, -0.05) is 0 Å². The van der Waals surface area contributed by atoms with Gasteiger partial charge in [-0.15, -0.1) is 11.3 Å². The maximum Gasteiger partial charge on any atom is 0.261 e. The molecule has 3 rings (SSSR count). The maximum atomic E-state index is 12.9. The molecule has 0 fully saturated rings. The summed E-state index contributed by atoms with van der Waals surface area (Å²) in [7, 11) is 1.62. The molecule has 140 valence electrons. The van der Waals surface area contributed by atoms with Crippen LogP contribution in [0.1, 0.15) is 12.6 Å². The van der Waals surface area contributed by atoms with Crippen molar-refractivity contribution in [3.05, 3.63) is 65.4 Å². The smallest absolute Gasteiger partial charge is 0.261 e. The van der Waals surface area contributed by atoms with E-state index < -0.39 is 6.10 Å². The second-order valence-electron chi connectivity index (χ2n) is 5.80. The molecule has 1 heterocycles. The highest BCUT2D eigenvalue weighted by atomic mass is 32.1. The highest BCUT2D eigenvalue weighted by molar-refractivity contribution is 7.13. The van der Waals surface area contributed by atoms with Crippen LogP contribution in [-0.2, 0) is 11.3 Å². The molecular weight excluding hydrogens is 367 g/mol. The fourth-order valence-electron chi connectivity index (χ4n) is 2.35. The van der Waals surface area contributed by atoms with E-state index in [0.29, 0.717) is 12.3 Å². The molecule has 0 unspecified atom stereocenters. The first-order chi connectivity index (χ1) is 13.0. The Balaban J connectivity index is 1.54. The van der Waals surface area contributed by atoms with Crippen molar-refractivity contribution in [2.45, 2.75) is 19.6 Å².